The molecule has 140 valence electrons. The molecule has 0 radical (unpaired) electrons. The lowest BCUT2D eigenvalue weighted by Gasteiger charge is -2.22. The van der Waals surface area contributed by atoms with E-state index < -0.39 is 0 Å². The summed E-state index contributed by atoms with van der Waals surface area (Å²) in [4.78, 5) is 9.84. The lowest BCUT2D eigenvalue weighted by molar-refractivity contribution is 0.736. The average molecular weight is 441 g/mol. The van der Waals surface area contributed by atoms with Gasteiger partial charge in [0.25, 0.3) is 0 Å². The maximum Gasteiger partial charge on any atom is 0.162 e. The van der Waals surface area contributed by atoms with Gasteiger partial charge in [0.05, 0.1) is 16.9 Å². The minimum atomic E-state index is -0.204. The van der Waals surface area contributed by atoms with Gasteiger partial charge in [-0.1, -0.05) is 66.2 Å². The van der Waals surface area contributed by atoms with Gasteiger partial charge >= 0.3 is 0 Å². The summed E-state index contributed by atoms with van der Waals surface area (Å²) in [5.41, 5.74) is 5.92. The molecule has 0 spiro atoms. The number of fused-ring (bicyclic) bond motifs is 6. The number of hydrogen-bond donors (Lipinski definition) is 0. The highest BCUT2D eigenvalue weighted by Gasteiger charge is 2.37. The summed E-state index contributed by atoms with van der Waals surface area (Å²) < 4.78 is 2.88. The van der Waals surface area contributed by atoms with E-state index in [1.807, 2.05) is 35.1 Å². The largest absolute Gasteiger partial charge is 0.251 e. The Morgan fingerprint density at radius 3 is 2.72 bits per heavy atom. The third-order valence-corrected chi connectivity index (χ3v) is 6.38. The van der Waals surface area contributed by atoms with Crippen LogP contribution in [0.25, 0.3) is 27.3 Å². The molecular weight excluding hydrogens is 424 g/mol. The monoisotopic (exact) mass is 440 g/mol. The number of rotatable bonds is 1. The van der Waals surface area contributed by atoms with Crippen molar-refractivity contribution in [2.75, 3.05) is 0 Å². The standard InChI is InChI=1S/C24H17BrN4/c1-24(2)19-10-7-14-5-3-4-6-17(14)21(19)27-22(24)15-12-26-23-18-9-8-16(25)11-20(18)28-29(23)13-15/h3-13H,1-2H3. The van der Waals surface area contributed by atoms with Gasteiger partial charge in [0.2, 0.25) is 0 Å². The van der Waals surface area contributed by atoms with Crippen molar-refractivity contribution in [2.24, 2.45) is 4.99 Å². The maximum atomic E-state index is 5.11. The molecular formula is C24H17BrN4. The van der Waals surface area contributed by atoms with Gasteiger partial charge in [0, 0.05) is 38.6 Å². The van der Waals surface area contributed by atoms with Crippen LogP contribution in [-0.4, -0.2) is 20.3 Å². The van der Waals surface area contributed by atoms with Crippen LogP contribution in [0.3, 0.4) is 0 Å². The molecule has 0 unspecified atom stereocenters. The van der Waals surface area contributed by atoms with Gasteiger partial charge in [0.15, 0.2) is 5.65 Å². The highest BCUT2D eigenvalue weighted by Crippen LogP contribution is 2.45. The van der Waals surface area contributed by atoms with Gasteiger partial charge in [-0.05, 0) is 29.1 Å². The number of halogens is 1. The topological polar surface area (TPSA) is 42.5 Å². The van der Waals surface area contributed by atoms with Crippen LogP contribution in [0.15, 0.2) is 76.5 Å². The average Bonchev–Trinajstić information content (AvgIpc) is 3.21. The van der Waals surface area contributed by atoms with E-state index in [2.05, 4.69) is 66.2 Å². The normalized spacial score (nSPS) is 15.2. The quantitative estimate of drug-likeness (QED) is 0.310. The third-order valence-electron chi connectivity index (χ3n) is 5.88. The minimum Gasteiger partial charge on any atom is -0.251 e. The fourth-order valence-electron chi connectivity index (χ4n) is 4.38. The van der Waals surface area contributed by atoms with Crippen molar-refractivity contribution in [1.82, 2.24) is 14.6 Å². The summed E-state index contributed by atoms with van der Waals surface area (Å²) in [6.45, 7) is 4.46. The molecule has 5 aromatic rings. The second-order valence-corrected chi connectivity index (χ2v) is 8.96. The molecule has 5 heteroatoms. The highest BCUT2D eigenvalue weighted by atomic mass is 79.9. The summed E-state index contributed by atoms with van der Waals surface area (Å²) >= 11 is 3.52. The van der Waals surface area contributed by atoms with Crippen LogP contribution in [0.5, 0.6) is 0 Å². The summed E-state index contributed by atoms with van der Waals surface area (Å²) in [5, 5.41) is 8.17. The lowest BCUT2D eigenvalue weighted by Crippen LogP contribution is -2.26. The number of aliphatic imine (C=N–C) groups is 1. The number of aromatic nitrogens is 3. The second-order valence-electron chi connectivity index (χ2n) is 8.04. The van der Waals surface area contributed by atoms with Crippen molar-refractivity contribution in [3.8, 4) is 0 Å². The zero-order valence-corrected chi connectivity index (χ0v) is 17.6. The molecule has 2 aromatic heterocycles. The molecule has 3 aromatic carbocycles. The molecule has 29 heavy (non-hydrogen) atoms. The van der Waals surface area contributed by atoms with Crippen LogP contribution >= 0.6 is 15.9 Å². The minimum absolute atomic E-state index is 0.204. The Morgan fingerprint density at radius 1 is 0.966 bits per heavy atom. The van der Waals surface area contributed by atoms with Crippen LogP contribution in [0, 0.1) is 0 Å². The summed E-state index contributed by atoms with van der Waals surface area (Å²) in [7, 11) is 0. The zero-order valence-electron chi connectivity index (χ0n) is 16.0. The first-order valence-electron chi connectivity index (χ1n) is 9.58. The molecule has 6 rings (SSSR count). The van der Waals surface area contributed by atoms with Gasteiger partial charge in [0.1, 0.15) is 0 Å². The van der Waals surface area contributed by atoms with Crippen molar-refractivity contribution in [1.29, 1.82) is 0 Å². The number of hydrogen-bond acceptors (Lipinski definition) is 3. The third kappa shape index (κ3) is 2.34. The van der Waals surface area contributed by atoms with Gasteiger partial charge in [-0.3, -0.25) is 4.99 Å². The smallest absolute Gasteiger partial charge is 0.162 e. The van der Waals surface area contributed by atoms with Gasteiger partial charge in [-0.15, -0.1) is 0 Å². The van der Waals surface area contributed by atoms with E-state index in [-0.39, 0.29) is 5.41 Å². The molecule has 3 heterocycles. The fourth-order valence-corrected chi connectivity index (χ4v) is 4.73. The molecule has 0 bridgehead atoms. The molecule has 1 aliphatic rings. The van der Waals surface area contributed by atoms with E-state index in [9.17, 15) is 0 Å². The molecule has 0 atom stereocenters. The molecule has 0 N–H and O–H groups in total. The predicted octanol–water partition coefficient (Wildman–Crippen LogP) is 6.21. The van der Waals surface area contributed by atoms with E-state index >= 15 is 0 Å². The van der Waals surface area contributed by atoms with Crippen LogP contribution in [-0.2, 0) is 5.41 Å². The summed E-state index contributed by atoms with van der Waals surface area (Å²) in [6, 6.07) is 18.9. The number of nitrogens with zero attached hydrogens (tertiary/aromatic N) is 4. The van der Waals surface area contributed by atoms with Crippen molar-refractivity contribution in [2.45, 2.75) is 19.3 Å². The Bertz CT molecular complexity index is 1490. The van der Waals surface area contributed by atoms with E-state index in [4.69, 9.17) is 15.1 Å². The Kier molecular flexibility index (Phi) is 3.34. The lowest BCUT2D eigenvalue weighted by atomic mass is 9.79. The van der Waals surface area contributed by atoms with Gasteiger partial charge in [-0.25, -0.2) is 9.50 Å². The highest BCUT2D eigenvalue weighted by molar-refractivity contribution is 9.10. The number of benzene rings is 3. The van der Waals surface area contributed by atoms with Crippen LogP contribution in [0.2, 0.25) is 0 Å². The summed E-state index contributed by atoms with van der Waals surface area (Å²) in [6.07, 6.45) is 3.97. The first-order valence-corrected chi connectivity index (χ1v) is 10.4. The SMILES string of the molecule is CC1(C)C(c2cnc3c4ccc(Br)cc4nn3c2)=Nc2c1ccc1ccccc21. The molecule has 1 aliphatic heterocycles. The van der Waals surface area contributed by atoms with E-state index in [1.165, 1.54) is 16.3 Å². The predicted molar refractivity (Wildman–Crippen MR) is 121 cm³/mol. The maximum absolute atomic E-state index is 5.11. The fraction of sp³-hybridized carbons (Fsp3) is 0.125. The summed E-state index contributed by atoms with van der Waals surface area (Å²) in [5.74, 6) is 0. The zero-order chi connectivity index (χ0) is 19.8. The van der Waals surface area contributed by atoms with Crippen molar-refractivity contribution >= 4 is 54.7 Å². The van der Waals surface area contributed by atoms with Crippen molar-refractivity contribution < 1.29 is 0 Å². The Morgan fingerprint density at radius 2 is 1.83 bits per heavy atom. The molecule has 0 saturated heterocycles. The van der Waals surface area contributed by atoms with E-state index in [0.29, 0.717) is 0 Å². The van der Waals surface area contributed by atoms with Crippen molar-refractivity contribution in [3.63, 3.8) is 0 Å². The van der Waals surface area contributed by atoms with Crippen molar-refractivity contribution in [3.05, 3.63) is 82.6 Å². The molecule has 0 amide bonds. The first-order chi connectivity index (χ1) is 14.0. The van der Waals surface area contributed by atoms with Crippen LogP contribution in [0.4, 0.5) is 5.69 Å². The Labute approximate surface area is 176 Å². The van der Waals surface area contributed by atoms with Crippen LogP contribution in [0.1, 0.15) is 25.0 Å². The van der Waals surface area contributed by atoms with Gasteiger partial charge < -0.3 is 0 Å². The van der Waals surface area contributed by atoms with E-state index in [0.717, 1.165) is 38.0 Å². The Balaban J connectivity index is 1.57. The molecule has 0 saturated carbocycles. The second kappa shape index (κ2) is 5.74. The molecule has 0 fully saturated rings. The first kappa shape index (κ1) is 16.9. The molecule has 0 aliphatic carbocycles. The van der Waals surface area contributed by atoms with Crippen LogP contribution < -0.4 is 0 Å². The molecule has 4 nitrogen and oxygen atoms in total. The van der Waals surface area contributed by atoms with Gasteiger partial charge in [-0.2, -0.15) is 5.10 Å². The Hall–Kier alpha value is -3.05. The van der Waals surface area contributed by atoms with E-state index in [1.54, 1.807) is 0 Å².